The van der Waals surface area contributed by atoms with E-state index in [1.54, 1.807) is 21.3 Å². The van der Waals surface area contributed by atoms with Gasteiger partial charge in [-0.2, -0.15) is 0 Å². The molecule has 0 saturated carbocycles. The van der Waals surface area contributed by atoms with Crippen molar-refractivity contribution in [2.45, 2.75) is 39.0 Å². The molecule has 0 fully saturated rings. The lowest BCUT2D eigenvalue weighted by Gasteiger charge is -2.38. The molecule has 0 aromatic heterocycles. The Kier molecular flexibility index (Phi) is 8.90. The van der Waals surface area contributed by atoms with E-state index in [-0.39, 0.29) is 30.2 Å². The van der Waals surface area contributed by atoms with E-state index in [4.69, 9.17) is 23.7 Å². The first-order chi connectivity index (χ1) is 19.2. The number of hydrogen-bond acceptors (Lipinski definition) is 9. The number of hydrogen-bond donors (Lipinski definition) is 2. The lowest BCUT2D eigenvalue weighted by atomic mass is 9.73. The Morgan fingerprint density at radius 1 is 1.02 bits per heavy atom. The minimum atomic E-state index is -0.616. The molecule has 40 heavy (non-hydrogen) atoms. The van der Waals surface area contributed by atoms with Crippen LogP contribution in [0.25, 0.3) is 0 Å². The van der Waals surface area contributed by atoms with Crippen molar-refractivity contribution in [3.8, 4) is 17.2 Å². The number of carbonyl (C=O) groups excluding carboxylic acids is 2. The van der Waals surface area contributed by atoms with Gasteiger partial charge in [0, 0.05) is 31.9 Å². The van der Waals surface area contributed by atoms with Crippen LogP contribution in [0.1, 0.15) is 38.3 Å². The van der Waals surface area contributed by atoms with E-state index in [2.05, 4.69) is 24.5 Å². The van der Waals surface area contributed by atoms with E-state index in [9.17, 15) is 9.59 Å². The molecule has 2 aromatic rings. The van der Waals surface area contributed by atoms with Crippen LogP contribution < -0.4 is 29.7 Å². The summed E-state index contributed by atoms with van der Waals surface area (Å²) in [6.07, 6.45) is 0.477. The SMILES string of the molecule is COc1cc(C2C3=C(CC(C)(C)CC3=O)Nc3ccccc3N2CC(=O)NCC(OC)OC)cc(OC)c1OC. The highest BCUT2D eigenvalue weighted by atomic mass is 16.7. The summed E-state index contributed by atoms with van der Waals surface area (Å²) in [4.78, 5) is 29.3. The van der Waals surface area contributed by atoms with Crippen LogP contribution in [-0.4, -0.2) is 66.6 Å². The number of amides is 1. The Bertz CT molecular complexity index is 1260. The topological polar surface area (TPSA) is 108 Å². The number of ketones is 1. The Balaban J connectivity index is 1.91. The maximum Gasteiger partial charge on any atom is 0.239 e. The quantitative estimate of drug-likeness (QED) is 0.421. The van der Waals surface area contributed by atoms with Gasteiger partial charge in [-0.15, -0.1) is 0 Å². The van der Waals surface area contributed by atoms with E-state index in [0.717, 1.165) is 22.6 Å². The van der Waals surface area contributed by atoms with Gasteiger partial charge in [-0.25, -0.2) is 0 Å². The van der Waals surface area contributed by atoms with Gasteiger partial charge in [-0.05, 0) is 41.7 Å². The van der Waals surface area contributed by atoms with Crippen LogP contribution >= 0.6 is 0 Å². The summed E-state index contributed by atoms with van der Waals surface area (Å²) in [7, 11) is 7.68. The fourth-order valence-corrected chi connectivity index (χ4v) is 5.50. The van der Waals surface area contributed by atoms with Crippen molar-refractivity contribution in [3.05, 3.63) is 53.2 Å². The third kappa shape index (κ3) is 5.88. The number of fused-ring (bicyclic) bond motifs is 1. The average molecular weight is 554 g/mol. The second kappa shape index (κ2) is 12.2. The van der Waals surface area contributed by atoms with Crippen LogP contribution in [0.5, 0.6) is 17.2 Å². The van der Waals surface area contributed by atoms with Gasteiger partial charge in [0.1, 0.15) is 0 Å². The zero-order chi connectivity index (χ0) is 29.0. The normalized spacial score (nSPS) is 17.9. The Hall–Kier alpha value is -3.76. The lowest BCUT2D eigenvalue weighted by molar-refractivity contribution is -0.126. The van der Waals surface area contributed by atoms with Gasteiger partial charge in [0.2, 0.25) is 11.7 Å². The van der Waals surface area contributed by atoms with Crippen molar-refractivity contribution in [1.29, 1.82) is 0 Å². The number of Topliss-reactive ketones (excluding diaryl/α,β-unsaturated/α-hetero) is 1. The first kappa shape index (κ1) is 29.2. The first-order valence-electron chi connectivity index (χ1n) is 13.2. The Morgan fingerprint density at radius 2 is 1.68 bits per heavy atom. The number of ether oxygens (including phenoxy) is 5. The van der Waals surface area contributed by atoms with Gasteiger partial charge < -0.3 is 39.2 Å². The molecule has 2 aliphatic rings. The third-order valence-corrected chi connectivity index (χ3v) is 7.31. The molecule has 0 saturated heterocycles. The second-order valence-corrected chi connectivity index (χ2v) is 10.7. The van der Waals surface area contributed by atoms with Crippen molar-refractivity contribution in [3.63, 3.8) is 0 Å². The highest BCUT2D eigenvalue weighted by Crippen LogP contribution is 2.50. The molecule has 4 rings (SSSR count). The van der Waals surface area contributed by atoms with Crippen LogP contribution in [0, 0.1) is 5.41 Å². The average Bonchev–Trinajstić information content (AvgIpc) is 3.06. The molecular weight excluding hydrogens is 514 g/mol. The number of benzene rings is 2. The van der Waals surface area contributed by atoms with Gasteiger partial charge in [-0.1, -0.05) is 26.0 Å². The van der Waals surface area contributed by atoms with Gasteiger partial charge >= 0.3 is 0 Å². The number of allylic oxidation sites excluding steroid dienone is 1. The number of nitrogens with one attached hydrogen (secondary N) is 2. The number of carbonyl (C=O) groups is 2. The molecule has 1 unspecified atom stereocenters. The van der Waals surface area contributed by atoms with E-state index in [0.29, 0.717) is 35.7 Å². The van der Waals surface area contributed by atoms with Crippen molar-refractivity contribution in [2.75, 3.05) is 58.9 Å². The number of anilines is 2. The van der Waals surface area contributed by atoms with Crippen LogP contribution in [0.4, 0.5) is 11.4 Å². The summed E-state index contributed by atoms with van der Waals surface area (Å²) in [5.41, 5.74) is 3.56. The van der Waals surface area contributed by atoms with Crippen molar-refractivity contribution >= 4 is 23.1 Å². The predicted molar refractivity (Wildman–Crippen MR) is 152 cm³/mol. The molecule has 1 aliphatic carbocycles. The van der Waals surface area contributed by atoms with E-state index < -0.39 is 12.3 Å². The van der Waals surface area contributed by atoms with Crippen LogP contribution in [0.15, 0.2) is 47.7 Å². The first-order valence-corrected chi connectivity index (χ1v) is 13.2. The van der Waals surface area contributed by atoms with Crippen LogP contribution in [0.2, 0.25) is 0 Å². The number of rotatable bonds is 10. The minimum absolute atomic E-state index is 0.0227. The van der Waals surface area contributed by atoms with Crippen LogP contribution in [0.3, 0.4) is 0 Å². The third-order valence-electron chi connectivity index (χ3n) is 7.31. The number of methoxy groups -OCH3 is 5. The molecule has 216 valence electrons. The van der Waals surface area contributed by atoms with Crippen molar-refractivity contribution in [2.24, 2.45) is 5.41 Å². The maximum atomic E-state index is 13.9. The predicted octanol–water partition coefficient (Wildman–Crippen LogP) is 4.06. The maximum absolute atomic E-state index is 13.9. The van der Waals surface area contributed by atoms with Gasteiger partial charge in [-0.3, -0.25) is 9.59 Å². The Labute approximate surface area is 235 Å². The fraction of sp³-hybridized carbons (Fsp3) is 0.467. The highest BCUT2D eigenvalue weighted by Gasteiger charge is 2.42. The molecule has 10 nitrogen and oxygen atoms in total. The van der Waals surface area contributed by atoms with Crippen molar-refractivity contribution in [1.82, 2.24) is 5.32 Å². The molecule has 0 radical (unpaired) electrons. The van der Waals surface area contributed by atoms with E-state index in [1.807, 2.05) is 41.3 Å². The standard InChI is InChI=1S/C30H39N3O7/c1-30(2)14-20-27(22(34)15-30)28(18-12-23(36-3)29(40-7)24(13-18)37-4)33(21-11-9-8-10-19(21)32-20)17-25(35)31-16-26(38-5)39-6/h8-13,26,28,32H,14-17H2,1-7H3,(H,31,35). The summed E-state index contributed by atoms with van der Waals surface area (Å²) in [6, 6.07) is 10.8. The molecule has 1 amide bonds. The zero-order valence-electron chi connectivity index (χ0n) is 24.3. The van der Waals surface area contributed by atoms with Gasteiger partial charge in [0.05, 0.1) is 51.8 Å². The number of para-hydroxylation sites is 2. The zero-order valence-corrected chi connectivity index (χ0v) is 24.3. The Morgan fingerprint density at radius 3 is 2.27 bits per heavy atom. The summed E-state index contributed by atoms with van der Waals surface area (Å²) in [5, 5.41) is 6.45. The summed E-state index contributed by atoms with van der Waals surface area (Å²) in [5.74, 6) is 1.13. The summed E-state index contributed by atoms with van der Waals surface area (Å²) >= 11 is 0. The molecule has 1 aliphatic heterocycles. The van der Waals surface area contributed by atoms with Crippen LogP contribution in [-0.2, 0) is 19.1 Å². The highest BCUT2D eigenvalue weighted by molar-refractivity contribution is 6.02. The molecule has 1 atom stereocenters. The molecular formula is C30H39N3O7. The molecule has 0 spiro atoms. The molecule has 2 aromatic carbocycles. The summed E-state index contributed by atoms with van der Waals surface area (Å²) in [6.45, 7) is 4.33. The number of nitrogens with zero attached hydrogens (tertiary/aromatic N) is 1. The van der Waals surface area contributed by atoms with E-state index >= 15 is 0 Å². The molecule has 2 N–H and O–H groups in total. The molecule has 0 bridgehead atoms. The van der Waals surface area contributed by atoms with Crippen molar-refractivity contribution < 1.29 is 33.3 Å². The largest absolute Gasteiger partial charge is 0.493 e. The summed E-state index contributed by atoms with van der Waals surface area (Å²) < 4.78 is 27.4. The van der Waals surface area contributed by atoms with E-state index in [1.165, 1.54) is 14.2 Å². The second-order valence-electron chi connectivity index (χ2n) is 10.7. The monoisotopic (exact) mass is 553 g/mol. The minimum Gasteiger partial charge on any atom is -0.493 e. The van der Waals surface area contributed by atoms with Gasteiger partial charge in [0.25, 0.3) is 0 Å². The smallest absolute Gasteiger partial charge is 0.239 e. The molecule has 1 heterocycles. The molecule has 10 heteroatoms. The lowest BCUT2D eigenvalue weighted by Crippen LogP contribution is -2.44. The van der Waals surface area contributed by atoms with Gasteiger partial charge in [0.15, 0.2) is 23.6 Å². The fourth-order valence-electron chi connectivity index (χ4n) is 5.50.